The average Bonchev–Trinajstić information content (AvgIpc) is 2.78. The summed E-state index contributed by atoms with van der Waals surface area (Å²) in [7, 11) is 2.22. The van der Waals surface area contributed by atoms with Crippen molar-refractivity contribution in [1.29, 1.82) is 0 Å². The third-order valence-corrected chi connectivity index (χ3v) is 3.93. The smallest absolute Gasteiger partial charge is 0.107 e. The van der Waals surface area contributed by atoms with E-state index in [-0.39, 0.29) is 0 Å². The van der Waals surface area contributed by atoms with E-state index in [1.54, 1.807) is 0 Å². The summed E-state index contributed by atoms with van der Waals surface area (Å²) in [4.78, 5) is 9.84. The van der Waals surface area contributed by atoms with Gasteiger partial charge < -0.3 is 15.2 Å². The number of piperidine rings is 1. The molecule has 0 bridgehead atoms. The largest absolute Gasteiger partial charge is 0.349 e. The molecule has 0 aromatic carbocycles. The molecule has 2 N–H and O–H groups in total. The molecule has 1 saturated heterocycles. The number of rotatable bonds is 4. The predicted octanol–water partition coefficient (Wildman–Crippen LogP) is 1.27. The SMILES string of the molecule is CC1CN(C)C(C)CC1NCCc1ncc[nH]1. The molecule has 1 aliphatic heterocycles. The Morgan fingerprint density at radius 3 is 3.06 bits per heavy atom. The second kappa shape index (κ2) is 5.65. The zero-order chi connectivity index (χ0) is 12.3. The molecule has 2 rings (SSSR count). The monoisotopic (exact) mass is 236 g/mol. The number of imidazole rings is 1. The summed E-state index contributed by atoms with van der Waals surface area (Å²) in [5.41, 5.74) is 0. The highest BCUT2D eigenvalue weighted by molar-refractivity contribution is 4.90. The first-order chi connectivity index (χ1) is 8.16. The Kier molecular flexibility index (Phi) is 4.18. The van der Waals surface area contributed by atoms with Gasteiger partial charge >= 0.3 is 0 Å². The minimum atomic E-state index is 0.649. The van der Waals surface area contributed by atoms with E-state index < -0.39 is 0 Å². The van der Waals surface area contributed by atoms with Gasteiger partial charge in [-0.25, -0.2) is 4.98 Å². The van der Waals surface area contributed by atoms with Gasteiger partial charge in [-0.15, -0.1) is 0 Å². The fourth-order valence-electron chi connectivity index (χ4n) is 2.64. The summed E-state index contributed by atoms with van der Waals surface area (Å²) >= 11 is 0. The molecule has 4 heteroatoms. The molecule has 3 unspecified atom stereocenters. The minimum absolute atomic E-state index is 0.649. The standard InChI is InChI=1S/C13H24N4/c1-10-9-17(3)11(2)8-12(10)14-5-4-13-15-6-7-16-13/h6-7,10-12,14H,4-5,8-9H2,1-3H3,(H,15,16). The fraction of sp³-hybridized carbons (Fsp3) is 0.769. The molecular formula is C13H24N4. The number of hydrogen-bond acceptors (Lipinski definition) is 3. The molecule has 1 aliphatic rings. The van der Waals surface area contributed by atoms with Crippen LogP contribution in [0.15, 0.2) is 12.4 Å². The van der Waals surface area contributed by atoms with Gasteiger partial charge in [0.05, 0.1) is 0 Å². The van der Waals surface area contributed by atoms with Crippen molar-refractivity contribution in [3.63, 3.8) is 0 Å². The van der Waals surface area contributed by atoms with Crippen molar-refractivity contribution >= 4 is 0 Å². The van der Waals surface area contributed by atoms with Crippen molar-refractivity contribution in [3.05, 3.63) is 18.2 Å². The van der Waals surface area contributed by atoms with E-state index in [4.69, 9.17) is 0 Å². The van der Waals surface area contributed by atoms with Gasteiger partial charge in [0.25, 0.3) is 0 Å². The van der Waals surface area contributed by atoms with Gasteiger partial charge in [-0.1, -0.05) is 6.92 Å². The zero-order valence-electron chi connectivity index (χ0n) is 11.1. The van der Waals surface area contributed by atoms with E-state index >= 15 is 0 Å². The van der Waals surface area contributed by atoms with Crippen LogP contribution in [0.4, 0.5) is 0 Å². The molecular weight excluding hydrogens is 212 g/mol. The normalized spacial score (nSPS) is 30.6. The van der Waals surface area contributed by atoms with Crippen molar-refractivity contribution in [2.75, 3.05) is 20.1 Å². The van der Waals surface area contributed by atoms with E-state index in [0.29, 0.717) is 12.1 Å². The second-order valence-electron chi connectivity index (χ2n) is 5.35. The summed E-state index contributed by atoms with van der Waals surface area (Å²) in [6.07, 6.45) is 5.93. The summed E-state index contributed by atoms with van der Waals surface area (Å²) in [5, 5.41) is 3.67. The highest BCUT2D eigenvalue weighted by Gasteiger charge is 2.28. The second-order valence-corrected chi connectivity index (χ2v) is 5.35. The predicted molar refractivity (Wildman–Crippen MR) is 70.0 cm³/mol. The first kappa shape index (κ1) is 12.6. The summed E-state index contributed by atoms with van der Waals surface area (Å²) in [6, 6.07) is 1.34. The van der Waals surface area contributed by atoms with Crippen LogP contribution in [0, 0.1) is 5.92 Å². The Morgan fingerprint density at radius 2 is 2.35 bits per heavy atom. The van der Waals surface area contributed by atoms with Crippen LogP contribution in [-0.2, 0) is 6.42 Å². The summed E-state index contributed by atoms with van der Waals surface area (Å²) < 4.78 is 0. The number of hydrogen-bond donors (Lipinski definition) is 2. The molecule has 1 aromatic rings. The molecule has 0 saturated carbocycles. The van der Waals surface area contributed by atoms with Gasteiger partial charge in [0, 0.05) is 44.0 Å². The molecule has 1 aromatic heterocycles. The Labute approximate surface area is 104 Å². The Balaban J connectivity index is 1.75. The fourth-order valence-corrected chi connectivity index (χ4v) is 2.64. The zero-order valence-corrected chi connectivity index (χ0v) is 11.1. The number of nitrogens with zero attached hydrogens (tertiary/aromatic N) is 2. The highest BCUT2D eigenvalue weighted by Crippen LogP contribution is 2.20. The Morgan fingerprint density at radius 1 is 1.53 bits per heavy atom. The lowest BCUT2D eigenvalue weighted by atomic mass is 9.90. The highest BCUT2D eigenvalue weighted by atomic mass is 15.2. The molecule has 4 nitrogen and oxygen atoms in total. The van der Waals surface area contributed by atoms with Crippen LogP contribution in [0.25, 0.3) is 0 Å². The lowest BCUT2D eigenvalue weighted by molar-refractivity contribution is 0.122. The van der Waals surface area contributed by atoms with Gasteiger partial charge in [0.15, 0.2) is 0 Å². The van der Waals surface area contributed by atoms with Crippen LogP contribution in [0.5, 0.6) is 0 Å². The Bertz CT molecular complexity index is 322. The van der Waals surface area contributed by atoms with Gasteiger partial charge in [-0.3, -0.25) is 0 Å². The Hall–Kier alpha value is -0.870. The first-order valence-electron chi connectivity index (χ1n) is 6.58. The van der Waals surface area contributed by atoms with Crippen molar-refractivity contribution in [2.24, 2.45) is 5.92 Å². The average molecular weight is 236 g/mol. The van der Waals surface area contributed by atoms with Crippen molar-refractivity contribution in [3.8, 4) is 0 Å². The van der Waals surface area contributed by atoms with Gasteiger partial charge in [0.2, 0.25) is 0 Å². The van der Waals surface area contributed by atoms with E-state index in [1.165, 1.54) is 13.0 Å². The molecule has 0 amide bonds. The van der Waals surface area contributed by atoms with Gasteiger partial charge in [-0.05, 0) is 26.3 Å². The van der Waals surface area contributed by atoms with E-state index in [1.807, 2.05) is 12.4 Å². The van der Waals surface area contributed by atoms with Crippen molar-refractivity contribution in [1.82, 2.24) is 20.2 Å². The van der Waals surface area contributed by atoms with E-state index in [0.717, 1.165) is 24.7 Å². The number of H-pyrrole nitrogens is 1. The number of aromatic amines is 1. The van der Waals surface area contributed by atoms with Crippen molar-refractivity contribution < 1.29 is 0 Å². The number of likely N-dealkylation sites (tertiary alicyclic amines) is 1. The third-order valence-electron chi connectivity index (χ3n) is 3.93. The van der Waals surface area contributed by atoms with Gasteiger partial charge in [0.1, 0.15) is 5.82 Å². The molecule has 0 radical (unpaired) electrons. The molecule has 3 atom stereocenters. The topological polar surface area (TPSA) is 44.0 Å². The van der Waals surface area contributed by atoms with Crippen LogP contribution in [0.1, 0.15) is 26.1 Å². The molecule has 17 heavy (non-hydrogen) atoms. The lowest BCUT2D eigenvalue weighted by Gasteiger charge is -2.40. The third kappa shape index (κ3) is 3.30. The molecule has 0 aliphatic carbocycles. The van der Waals surface area contributed by atoms with Crippen molar-refractivity contribution in [2.45, 2.75) is 38.8 Å². The van der Waals surface area contributed by atoms with Gasteiger partial charge in [-0.2, -0.15) is 0 Å². The summed E-state index contributed by atoms with van der Waals surface area (Å²) in [5.74, 6) is 1.80. The molecule has 96 valence electrons. The number of aromatic nitrogens is 2. The first-order valence-corrected chi connectivity index (χ1v) is 6.58. The van der Waals surface area contributed by atoms with Crippen LogP contribution < -0.4 is 5.32 Å². The molecule has 1 fully saturated rings. The number of nitrogens with one attached hydrogen (secondary N) is 2. The van der Waals surface area contributed by atoms with Crippen LogP contribution in [0.3, 0.4) is 0 Å². The van der Waals surface area contributed by atoms with Crippen LogP contribution >= 0.6 is 0 Å². The van der Waals surface area contributed by atoms with E-state index in [2.05, 4.69) is 41.1 Å². The van der Waals surface area contributed by atoms with Crippen LogP contribution in [0.2, 0.25) is 0 Å². The maximum atomic E-state index is 4.24. The maximum absolute atomic E-state index is 4.24. The molecule has 2 heterocycles. The van der Waals surface area contributed by atoms with E-state index in [9.17, 15) is 0 Å². The van der Waals surface area contributed by atoms with Crippen LogP contribution in [-0.4, -0.2) is 47.1 Å². The minimum Gasteiger partial charge on any atom is -0.349 e. The molecule has 0 spiro atoms. The maximum Gasteiger partial charge on any atom is 0.107 e. The quantitative estimate of drug-likeness (QED) is 0.827. The lowest BCUT2D eigenvalue weighted by Crippen LogP contribution is -2.51. The summed E-state index contributed by atoms with van der Waals surface area (Å²) in [6.45, 7) is 6.86.